The highest BCUT2D eigenvalue weighted by Gasteiger charge is 2.26. The van der Waals surface area contributed by atoms with Crippen molar-refractivity contribution in [1.82, 2.24) is 9.97 Å². The summed E-state index contributed by atoms with van der Waals surface area (Å²) in [6.45, 7) is 2.14. The van der Waals surface area contributed by atoms with Gasteiger partial charge in [-0.1, -0.05) is 18.2 Å². The Morgan fingerprint density at radius 1 is 1.25 bits per heavy atom. The molecule has 0 aliphatic heterocycles. The van der Waals surface area contributed by atoms with Crippen molar-refractivity contribution in [3.8, 4) is 0 Å². The second kappa shape index (κ2) is 5.83. The third kappa shape index (κ3) is 3.12. The molecule has 1 fully saturated rings. The number of thioether (sulfide) groups is 1. The van der Waals surface area contributed by atoms with E-state index in [1.807, 2.05) is 18.8 Å². The quantitative estimate of drug-likeness (QED) is 0.843. The summed E-state index contributed by atoms with van der Waals surface area (Å²) in [6, 6.07) is 10.5. The van der Waals surface area contributed by atoms with E-state index in [-0.39, 0.29) is 0 Å². The van der Waals surface area contributed by atoms with Crippen LogP contribution in [0.5, 0.6) is 0 Å². The highest BCUT2D eigenvalue weighted by atomic mass is 32.2. The van der Waals surface area contributed by atoms with Gasteiger partial charge >= 0.3 is 0 Å². The number of benzene rings is 1. The summed E-state index contributed by atoms with van der Waals surface area (Å²) in [7, 11) is 1.91. The zero-order chi connectivity index (χ0) is 13.9. The number of anilines is 1. The van der Waals surface area contributed by atoms with Gasteiger partial charge in [0, 0.05) is 29.6 Å². The summed E-state index contributed by atoms with van der Waals surface area (Å²) in [6.07, 6.45) is 2.54. The van der Waals surface area contributed by atoms with Crippen LogP contribution in [0.2, 0.25) is 0 Å². The average Bonchev–Trinajstić information content (AvgIpc) is 3.31. The van der Waals surface area contributed by atoms with Crippen molar-refractivity contribution in [3.05, 3.63) is 47.4 Å². The van der Waals surface area contributed by atoms with E-state index in [0.29, 0.717) is 5.92 Å². The molecule has 3 nitrogen and oxygen atoms in total. The summed E-state index contributed by atoms with van der Waals surface area (Å²) in [4.78, 5) is 10.6. The zero-order valence-corrected chi connectivity index (χ0v) is 12.7. The number of rotatable bonds is 5. The summed E-state index contributed by atoms with van der Waals surface area (Å²) in [5.74, 6) is 3.33. The van der Waals surface area contributed by atoms with Gasteiger partial charge in [-0.15, -0.1) is 11.8 Å². The Morgan fingerprint density at radius 3 is 2.75 bits per heavy atom. The van der Waals surface area contributed by atoms with Gasteiger partial charge in [0.15, 0.2) is 0 Å². The molecule has 4 heteroatoms. The minimum absolute atomic E-state index is 0.660. The molecule has 1 aromatic heterocycles. The van der Waals surface area contributed by atoms with Gasteiger partial charge in [0.25, 0.3) is 0 Å². The normalized spacial score (nSPS) is 14.3. The molecule has 0 radical (unpaired) electrons. The fourth-order valence-electron chi connectivity index (χ4n) is 2.16. The molecule has 2 aromatic rings. The summed E-state index contributed by atoms with van der Waals surface area (Å²) >= 11 is 1.81. The lowest BCUT2D eigenvalue weighted by Gasteiger charge is -2.08. The van der Waals surface area contributed by atoms with Gasteiger partial charge in [0.1, 0.15) is 11.6 Å². The molecule has 1 heterocycles. The largest absolute Gasteiger partial charge is 0.373 e. The Labute approximate surface area is 124 Å². The van der Waals surface area contributed by atoms with E-state index >= 15 is 0 Å². The van der Waals surface area contributed by atoms with E-state index in [2.05, 4.69) is 47.6 Å². The first-order valence-corrected chi connectivity index (χ1v) is 7.99. The highest BCUT2D eigenvalue weighted by Crippen LogP contribution is 2.39. The SMILES string of the molecule is CNc1cc(C2CC2)nc(CSc2ccccc2C)n1. The molecule has 20 heavy (non-hydrogen) atoms. The monoisotopic (exact) mass is 285 g/mol. The van der Waals surface area contributed by atoms with Crippen LogP contribution in [-0.4, -0.2) is 17.0 Å². The summed E-state index contributed by atoms with van der Waals surface area (Å²) < 4.78 is 0. The first-order chi connectivity index (χ1) is 9.76. The summed E-state index contributed by atoms with van der Waals surface area (Å²) in [5.41, 5.74) is 2.51. The molecular formula is C16H19N3S. The first-order valence-electron chi connectivity index (χ1n) is 7.00. The van der Waals surface area contributed by atoms with Crippen LogP contribution in [0.15, 0.2) is 35.2 Å². The molecule has 1 aromatic carbocycles. The Bertz CT molecular complexity index is 608. The minimum Gasteiger partial charge on any atom is -0.373 e. The second-order valence-electron chi connectivity index (χ2n) is 5.17. The van der Waals surface area contributed by atoms with Crippen molar-refractivity contribution in [3.63, 3.8) is 0 Å². The van der Waals surface area contributed by atoms with Crippen molar-refractivity contribution < 1.29 is 0 Å². The molecule has 1 N–H and O–H groups in total. The van der Waals surface area contributed by atoms with Gasteiger partial charge in [-0.2, -0.15) is 0 Å². The Kier molecular flexibility index (Phi) is 3.92. The van der Waals surface area contributed by atoms with E-state index < -0.39 is 0 Å². The van der Waals surface area contributed by atoms with Gasteiger partial charge in [-0.05, 0) is 31.4 Å². The van der Waals surface area contributed by atoms with Crippen molar-refractivity contribution in [2.45, 2.75) is 36.3 Å². The lowest BCUT2D eigenvalue weighted by atomic mass is 10.2. The minimum atomic E-state index is 0.660. The molecule has 1 aliphatic carbocycles. The molecule has 0 bridgehead atoms. The van der Waals surface area contributed by atoms with Gasteiger partial charge < -0.3 is 5.32 Å². The Hall–Kier alpha value is -1.55. The Balaban J connectivity index is 1.76. The molecule has 104 valence electrons. The van der Waals surface area contributed by atoms with Crippen LogP contribution < -0.4 is 5.32 Å². The lowest BCUT2D eigenvalue weighted by Crippen LogP contribution is -2.02. The molecule has 0 unspecified atom stereocenters. The van der Waals surface area contributed by atoms with Crippen LogP contribution in [0, 0.1) is 6.92 Å². The molecule has 0 saturated heterocycles. The van der Waals surface area contributed by atoms with Crippen LogP contribution in [0.1, 0.15) is 35.8 Å². The zero-order valence-electron chi connectivity index (χ0n) is 11.9. The number of aromatic nitrogens is 2. The van der Waals surface area contributed by atoms with Crippen LogP contribution >= 0.6 is 11.8 Å². The van der Waals surface area contributed by atoms with Crippen molar-refractivity contribution in [1.29, 1.82) is 0 Å². The second-order valence-corrected chi connectivity index (χ2v) is 6.19. The predicted octanol–water partition coefficient (Wildman–Crippen LogP) is 4.00. The lowest BCUT2D eigenvalue weighted by molar-refractivity contribution is 0.933. The van der Waals surface area contributed by atoms with E-state index in [1.54, 1.807) is 0 Å². The van der Waals surface area contributed by atoms with Gasteiger partial charge in [0.05, 0.1) is 5.75 Å². The average molecular weight is 285 g/mol. The maximum atomic E-state index is 4.72. The van der Waals surface area contributed by atoms with Crippen LogP contribution in [0.25, 0.3) is 0 Å². The molecule has 1 aliphatic rings. The number of nitrogens with zero attached hydrogens (tertiary/aromatic N) is 2. The third-order valence-corrected chi connectivity index (χ3v) is 4.67. The van der Waals surface area contributed by atoms with Gasteiger partial charge in [0.2, 0.25) is 0 Å². The topological polar surface area (TPSA) is 37.8 Å². The first kappa shape index (κ1) is 13.4. The van der Waals surface area contributed by atoms with Gasteiger partial charge in [-0.3, -0.25) is 0 Å². The molecule has 0 amide bonds. The molecule has 1 saturated carbocycles. The van der Waals surface area contributed by atoms with Crippen LogP contribution in [0.4, 0.5) is 5.82 Å². The van der Waals surface area contributed by atoms with Crippen molar-refractivity contribution >= 4 is 17.6 Å². The number of aryl methyl sites for hydroxylation is 1. The van der Waals surface area contributed by atoms with Crippen LogP contribution in [0.3, 0.4) is 0 Å². The molecular weight excluding hydrogens is 266 g/mol. The number of hydrogen-bond acceptors (Lipinski definition) is 4. The van der Waals surface area contributed by atoms with Crippen LogP contribution in [-0.2, 0) is 5.75 Å². The predicted molar refractivity (Wildman–Crippen MR) is 84.3 cm³/mol. The van der Waals surface area contributed by atoms with Crippen molar-refractivity contribution in [2.24, 2.45) is 0 Å². The van der Waals surface area contributed by atoms with E-state index in [9.17, 15) is 0 Å². The fraction of sp³-hybridized carbons (Fsp3) is 0.375. The maximum Gasteiger partial charge on any atom is 0.141 e. The summed E-state index contributed by atoms with van der Waals surface area (Å²) in [5, 5.41) is 3.14. The van der Waals surface area contributed by atoms with E-state index in [0.717, 1.165) is 17.4 Å². The van der Waals surface area contributed by atoms with E-state index in [1.165, 1.54) is 29.0 Å². The Morgan fingerprint density at radius 2 is 2.05 bits per heavy atom. The molecule has 0 atom stereocenters. The highest BCUT2D eigenvalue weighted by molar-refractivity contribution is 7.98. The molecule has 3 rings (SSSR count). The fourth-order valence-corrected chi connectivity index (χ4v) is 3.04. The smallest absolute Gasteiger partial charge is 0.141 e. The number of nitrogens with one attached hydrogen (secondary N) is 1. The standard InChI is InChI=1S/C16H19N3S/c1-11-5-3-4-6-14(11)20-10-16-18-13(12-7-8-12)9-15(17-2)19-16/h3-6,9,12H,7-8,10H2,1-2H3,(H,17,18,19). The molecule has 0 spiro atoms. The maximum absolute atomic E-state index is 4.72. The van der Waals surface area contributed by atoms with Crippen molar-refractivity contribution in [2.75, 3.05) is 12.4 Å². The van der Waals surface area contributed by atoms with E-state index in [4.69, 9.17) is 4.98 Å². The van der Waals surface area contributed by atoms with Gasteiger partial charge in [-0.25, -0.2) is 9.97 Å². The third-order valence-electron chi connectivity index (χ3n) is 3.49. The number of hydrogen-bond donors (Lipinski definition) is 1.